The normalized spacial score (nSPS) is 12.3. The summed E-state index contributed by atoms with van der Waals surface area (Å²) in [5.41, 5.74) is 2.77. The highest BCUT2D eigenvalue weighted by molar-refractivity contribution is 5.20. The minimum Gasteiger partial charge on any atom is -0.0622 e. The smallest absolute Gasteiger partial charge is 0.0162 e. The monoisotopic (exact) mass is 223 g/mol. The fourth-order valence-corrected chi connectivity index (χ4v) is 2.09. The van der Waals surface area contributed by atoms with Crippen molar-refractivity contribution >= 4 is 0 Å². The standard InChI is InChI=1S/C17H19/c1-15(17-13-6-3-7-14-17)9-8-12-16-10-4-2-5-11-16/h2-7,10-11,13-15H,1,8-9,12H2. The molecule has 0 bridgehead atoms. The van der Waals surface area contributed by atoms with Gasteiger partial charge < -0.3 is 0 Å². The van der Waals surface area contributed by atoms with Crippen LogP contribution in [0.3, 0.4) is 0 Å². The molecule has 0 saturated heterocycles. The van der Waals surface area contributed by atoms with Crippen LogP contribution in [0.5, 0.6) is 0 Å². The first kappa shape index (κ1) is 11.9. The summed E-state index contributed by atoms with van der Waals surface area (Å²) in [5.74, 6) is 0.417. The Morgan fingerprint density at radius 2 is 1.41 bits per heavy atom. The Morgan fingerprint density at radius 3 is 2.06 bits per heavy atom. The van der Waals surface area contributed by atoms with Crippen molar-refractivity contribution in [2.45, 2.75) is 25.2 Å². The van der Waals surface area contributed by atoms with E-state index in [0.29, 0.717) is 5.92 Å². The van der Waals surface area contributed by atoms with Gasteiger partial charge in [-0.05, 0) is 43.2 Å². The van der Waals surface area contributed by atoms with Crippen LogP contribution in [0.4, 0.5) is 0 Å². The van der Waals surface area contributed by atoms with Crippen LogP contribution in [0, 0.1) is 6.92 Å². The molecular weight excluding hydrogens is 204 g/mol. The van der Waals surface area contributed by atoms with Gasteiger partial charge in [-0.25, -0.2) is 0 Å². The van der Waals surface area contributed by atoms with Gasteiger partial charge in [0.2, 0.25) is 0 Å². The number of rotatable bonds is 5. The van der Waals surface area contributed by atoms with Crippen molar-refractivity contribution in [3.05, 3.63) is 78.7 Å². The Balaban J connectivity index is 1.79. The molecule has 2 aromatic rings. The predicted octanol–water partition coefficient (Wildman–Crippen LogP) is 4.63. The van der Waals surface area contributed by atoms with Crippen molar-refractivity contribution in [1.82, 2.24) is 0 Å². The molecule has 0 nitrogen and oxygen atoms in total. The van der Waals surface area contributed by atoms with E-state index in [4.69, 9.17) is 0 Å². The largest absolute Gasteiger partial charge is 0.0622 e. The molecule has 0 aliphatic heterocycles. The molecule has 0 heterocycles. The van der Waals surface area contributed by atoms with Crippen LogP contribution in [0.2, 0.25) is 0 Å². The van der Waals surface area contributed by atoms with Gasteiger partial charge in [0.15, 0.2) is 0 Å². The summed E-state index contributed by atoms with van der Waals surface area (Å²) < 4.78 is 0. The summed E-state index contributed by atoms with van der Waals surface area (Å²) in [6.45, 7) is 4.24. The molecule has 0 amide bonds. The second-order valence-electron chi connectivity index (χ2n) is 4.49. The highest BCUT2D eigenvalue weighted by atomic mass is 14.1. The van der Waals surface area contributed by atoms with E-state index in [1.807, 2.05) is 0 Å². The van der Waals surface area contributed by atoms with Gasteiger partial charge in [0, 0.05) is 0 Å². The Bertz CT molecular complexity index is 416. The number of aryl methyl sites for hydroxylation is 1. The molecule has 2 aromatic carbocycles. The highest BCUT2D eigenvalue weighted by Gasteiger charge is 2.04. The molecule has 1 radical (unpaired) electrons. The third kappa shape index (κ3) is 3.74. The van der Waals surface area contributed by atoms with E-state index in [-0.39, 0.29) is 0 Å². The van der Waals surface area contributed by atoms with Gasteiger partial charge >= 0.3 is 0 Å². The lowest BCUT2D eigenvalue weighted by molar-refractivity contribution is 0.673. The molecule has 0 N–H and O–H groups in total. The van der Waals surface area contributed by atoms with Crippen molar-refractivity contribution in [2.75, 3.05) is 0 Å². The summed E-state index contributed by atoms with van der Waals surface area (Å²) in [7, 11) is 0. The van der Waals surface area contributed by atoms with E-state index in [0.717, 1.165) is 12.8 Å². The fraction of sp³-hybridized carbons (Fsp3) is 0.235. The van der Waals surface area contributed by atoms with Crippen LogP contribution < -0.4 is 0 Å². The van der Waals surface area contributed by atoms with Crippen LogP contribution >= 0.6 is 0 Å². The topological polar surface area (TPSA) is 0 Å². The maximum atomic E-state index is 4.24. The molecule has 0 aromatic heterocycles. The molecule has 0 saturated carbocycles. The van der Waals surface area contributed by atoms with Crippen LogP contribution in [0.1, 0.15) is 29.9 Å². The third-order valence-corrected chi connectivity index (χ3v) is 3.13. The van der Waals surface area contributed by atoms with Crippen molar-refractivity contribution in [1.29, 1.82) is 0 Å². The maximum absolute atomic E-state index is 4.24. The van der Waals surface area contributed by atoms with E-state index >= 15 is 0 Å². The summed E-state index contributed by atoms with van der Waals surface area (Å²) in [5, 5.41) is 0. The molecule has 0 spiro atoms. The molecular formula is C17H19. The van der Waals surface area contributed by atoms with Crippen molar-refractivity contribution < 1.29 is 0 Å². The number of hydrogen-bond acceptors (Lipinski definition) is 0. The highest BCUT2D eigenvalue weighted by Crippen LogP contribution is 2.20. The lowest BCUT2D eigenvalue weighted by Gasteiger charge is -2.11. The third-order valence-electron chi connectivity index (χ3n) is 3.13. The Kier molecular flexibility index (Phi) is 4.37. The van der Waals surface area contributed by atoms with Crippen molar-refractivity contribution in [3.8, 4) is 0 Å². The zero-order chi connectivity index (χ0) is 11.9. The van der Waals surface area contributed by atoms with E-state index in [1.165, 1.54) is 17.5 Å². The van der Waals surface area contributed by atoms with Crippen LogP contribution in [0.15, 0.2) is 60.7 Å². The van der Waals surface area contributed by atoms with E-state index in [9.17, 15) is 0 Å². The molecule has 87 valence electrons. The van der Waals surface area contributed by atoms with E-state index in [2.05, 4.69) is 67.6 Å². The maximum Gasteiger partial charge on any atom is -0.0162 e. The second kappa shape index (κ2) is 6.24. The number of benzene rings is 2. The molecule has 0 aliphatic rings. The average Bonchev–Trinajstić information content (AvgIpc) is 2.41. The molecule has 0 aliphatic carbocycles. The summed E-state index contributed by atoms with van der Waals surface area (Å²) in [6, 6.07) is 21.2. The zero-order valence-corrected chi connectivity index (χ0v) is 10.2. The molecule has 0 fully saturated rings. The lowest BCUT2D eigenvalue weighted by atomic mass is 9.94. The predicted molar refractivity (Wildman–Crippen MR) is 73.9 cm³/mol. The second-order valence-corrected chi connectivity index (χ2v) is 4.49. The fourth-order valence-electron chi connectivity index (χ4n) is 2.09. The van der Waals surface area contributed by atoms with E-state index in [1.54, 1.807) is 0 Å². The lowest BCUT2D eigenvalue weighted by Crippen LogP contribution is -1.95. The summed E-state index contributed by atoms with van der Waals surface area (Å²) in [6.07, 6.45) is 3.51. The first-order chi connectivity index (χ1) is 8.36. The quantitative estimate of drug-likeness (QED) is 0.693. The van der Waals surface area contributed by atoms with Crippen molar-refractivity contribution in [2.24, 2.45) is 0 Å². The Labute approximate surface area is 104 Å². The molecule has 1 unspecified atom stereocenters. The minimum absolute atomic E-state index is 0.417. The van der Waals surface area contributed by atoms with Gasteiger partial charge in [0.05, 0.1) is 0 Å². The van der Waals surface area contributed by atoms with Crippen LogP contribution in [-0.2, 0) is 6.42 Å². The Hall–Kier alpha value is -1.56. The molecule has 1 atom stereocenters. The summed E-state index contributed by atoms with van der Waals surface area (Å²) >= 11 is 0. The van der Waals surface area contributed by atoms with Gasteiger partial charge in [-0.15, -0.1) is 0 Å². The summed E-state index contributed by atoms with van der Waals surface area (Å²) in [4.78, 5) is 0. The van der Waals surface area contributed by atoms with Gasteiger partial charge in [-0.2, -0.15) is 0 Å². The van der Waals surface area contributed by atoms with Crippen molar-refractivity contribution in [3.63, 3.8) is 0 Å². The van der Waals surface area contributed by atoms with Gasteiger partial charge in [-0.3, -0.25) is 0 Å². The van der Waals surface area contributed by atoms with Gasteiger partial charge in [0.25, 0.3) is 0 Å². The SMILES string of the molecule is [CH2]C(CCCc1ccccc1)c1ccccc1. The minimum atomic E-state index is 0.417. The first-order valence-electron chi connectivity index (χ1n) is 6.28. The molecule has 17 heavy (non-hydrogen) atoms. The van der Waals surface area contributed by atoms with Crippen LogP contribution in [-0.4, -0.2) is 0 Å². The van der Waals surface area contributed by atoms with E-state index < -0.39 is 0 Å². The first-order valence-corrected chi connectivity index (χ1v) is 6.28. The molecule has 0 heteroatoms. The number of hydrogen-bond donors (Lipinski definition) is 0. The van der Waals surface area contributed by atoms with Gasteiger partial charge in [0.1, 0.15) is 0 Å². The van der Waals surface area contributed by atoms with Crippen LogP contribution in [0.25, 0.3) is 0 Å². The zero-order valence-electron chi connectivity index (χ0n) is 10.2. The van der Waals surface area contributed by atoms with Gasteiger partial charge in [-0.1, -0.05) is 60.7 Å². The Morgan fingerprint density at radius 1 is 0.824 bits per heavy atom. The molecule has 2 rings (SSSR count). The average molecular weight is 223 g/mol.